The van der Waals surface area contributed by atoms with Gasteiger partial charge in [-0.2, -0.15) is 0 Å². The van der Waals surface area contributed by atoms with Gasteiger partial charge in [-0.3, -0.25) is 0 Å². The topological polar surface area (TPSA) is 86.7 Å². The summed E-state index contributed by atoms with van der Waals surface area (Å²) in [6.07, 6.45) is 2.77. The lowest BCUT2D eigenvalue weighted by molar-refractivity contribution is 0.175. The first-order chi connectivity index (χ1) is 4.66. The van der Waals surface area contributed by atoms with Crippen LogP contribution in [0.5, 0.6) is 0 Å². The lowest BCUT2D eigenvalue weighted by Gasteiger charge is -1.95. The van der Waals surface area contributed by atoms with E-state index in [0.717, 1.165) is 6.08 Å². The predicted molar refractivity (Wildman–Crippen MR) is 37.5 cm³/mol. The van der Waals surface area contributed by atoms with E-state index in [-0.39, 0.29) is 0 Å². The molecule has 5 N–H and O–H groups in total. The van der Waals surface area contributed by atoms with E-state index in [9.17, 15) is 0 Å². The summed E-state index contributed by atoms with van der Waals surface area (Å²) in [5.74, 6) is -0.894. The molecule has 0 rings (SSSR count). The summed E-state index contributed by atoms with van der Waals surface area (Å²) in [6.45, 7) is 0.317. The SMILES string of the molecule is NCC=CC(O)C=C(O)O. The van der Waals surface area contributed by atoms with Gasteiger partial charge in [0.2, 0.25) is 0 Å². The van der Waals surface area contributed by atoms with Gasteiger partial charge in [-0.15, -0.1) is 0 Å². The third-order valence-corrected chi connectivity index (χ3v) is 0.789. The first kappa shape index (κ1) is 9.00. The summed E-state index contributed by atoms with van der Waals surface area (Å²) in [5, 5.41) is 25.2. The van der Waals surface area contributed by atoms with Crippen molar-refractivity contribution in [2.45, 2.75) is 6.10 Å². The lowest BCUT2D eigenvalue weighted by atomic mass is 10.3. The van der Waals surface area contributed by atoms with Crippen molar-refractivity contribution in [3.63, 3.8) is 0 Å². The number of hydrogen-bond acceptors (Lipinski definition) is 4. The van der Waals surface area contributed by atoms with Crippen LogP contribution >= 0.6 is 0 Å². The number of hydrogen-bond donors (Lipinski definition) is 4. The molecule has 0 amide bonds. The van der Waals surface area contributed by atoms with E-state index in [2.05, 4.69) is 0 Å². The summed E-state index contributed by atoms with van der Waals surface area (Å²) < 4.78 is 0. The zero-order valence-corrected chi connectivity index (χ0v) is 5.44. The van der Waals surface area contributed by atoms with Crippen LogP contribution in [0.3, 0.4) is 0 Å². The van der Waals surface area contributed by atoms with E-state index in [4.69, 9.17) is 21.1 Å². The third-order valence-electron chi connectivity index (χ3n) is 0.789. The van der Waals surface area contributed by atoms with Crippen LogP contribution in [0, 0.1) is 0 Å². The molecular formula is C6H11NO3. The molecule has 0 aromatic rings. The van der Waals surface area contributed by atoms with Crippen LogP contribution in [0.4, 0.5) is 0 Å². The van der Waals surface area contributed by atoms with Crippen LogP contribution in [0.15, 0.2) is 24.2 Å². The average Bonchev–Trinajstić information content (AvgIpc) is 1.82. The number of nitrogens with two attached hydrogens (primary N) is 1. The molecule has 4 heteroatoms. The van der Waals surface area contributed by atoms with Gasteiger partial charge in [0, 0.05) is 12.6 Å². The Bertz CT molecular complexity index is 138. The highest BCUT2D eigenvalue weighted by Gasteiger charge is 1.93. The standard InChI is InChI=1S/C6H11NO3/c7-3-1-2-5(8)4-6(9)10/h1-2,4-5,8-10H,3,7H2. The second-order valence-corrected chi connectivity index (χ2v) is 1.68. The highest BCUT2D eigenvalue weighted by atomic mass is 16.5. The molecule has 0 aliphatic heterocycles. The van der Waals surface area contributed by atoms with Crippen LogP contribution in [0.1, 0.15) is 0 Å². The summed E-state index contributed by atoms with van der Waals surface area (Å²) in [5.41, 5.74) is 5.06. The Labute approximate surface area is 58.9 Å². The molecule has 1 atom stereocenters. The molecule has 4 nitrogen and oxygen atoms in total. The van der Waals surface area contributed by atoms with Gasteiger partial charge in [-0.25, -0.2) is 0 Å². The molecule has 0 aromatic carbocycles. The van der Waals surface area contributed by atoms with Crippen LogP contribution in [0.25, 0.3) is 0 Å². The molecule has 1 unspecified atom stereocenters. The smallest absolute Gasteiger partial charge is 0.272 e. The maximum absolute atomic E-state index is 8.81. The van der Waals surface area contributed by atoms with Crippen molar-refractivity contribution < 1.29 is 15.3 Å². The maximum atomic E-state index is 8.81. The van der Waals surface area contributed by atoms with E-state index in [1.54, 1.807) is 0 Å². The van der Waals surface area contributed by atoms with Crippen LogP contribution in [-0.4, -0.2) is 28.0 Å². The first-order valence-corrected chi connectivity index (χ1v) is 2.81. The quantitative estimate of drug-likeness (QED) is 0.328. The fraction of sp³-hybridized carbons (Fsp3) is 0.333. The highest BCUT2D eigenvalue weighted by molar-refractivity contribution is 5.01. The fourth-order valence-electron chi connectivity index (χ4n) is 0.426. The zero-order chi connectivity index (χ0) is 7.98. The lowest BCUT2D eigenvalue weighted by Crippen LogP contribution is -2.01. The Hall–Kier alpha value is -1.00. The summed E-state index contributed by atoms with van der Waals surface area (Å²) in [4.78, 5) is 0. The van der Waals surface area contributed by atoms with E-state index >= 15 is 0 Å². The van der Waals surface area contributed by atoms with Crippen molar-refractivity contribution in [1.29, 1.82) is 0 Å². The fourth-order valence-corrected chi connectivity index (χ4v) is 0.426. The third kappa shape index (κ3) is 5.14. The van der Waals surface area contributed by atoms with Crippen molar-refractivity contribution in [2.24, 2.45) is 5.73 Å². The van der Waals surface area contributed by atoms with E-state index in [0.29, 0.717) is 6.54 Å². The number of aliphatic hydroxyl groups excluding tert-OH is 2. The minimum Gasteiger partial charge on any atom is -0.481 e. The average molecular weight is 145 g/mol. The molecule has 0 bridgehead atoms. The predicted octanol–water partition coefficient (Wildman–Crippen LogP) is -0.180. The molecule has 0 aromatic heterocycles. The van der Waals surface area contributed by atoms with Gasteiger partial charge in [0.05, 0.1) is 6.10 Å². The molecule has 0 heterocycles. The Morgan fingerprint density at radius 3 is 2.50 bits per heavy atom. The van der Waals surface area contributed by atoms with Crippen LogP contribution in [0.2, 0.25) is 0 Å². The Balaban J connectivity index is 3.74. The monoisotopic (exact) mass is 145 g/mol. The molecule has 0 aliphatic carbocycles. The van der Waals surface area contributed by atoms with Crippen molar-refractivity contribution in [1.82, 2.24) is 0 Å². The van der Waals surface area contributed by atoms with E-state index in [1.165, 1.54) is 12.2 Å². The van der Waals surface area contributed by atoms with Gasteiger partial charge in [0.25, 0.3) is 5.95 Å². The summed E-state index contributed by atoms with van der Waals surface area (Å²) in [6, 6.07) is 0. The Kier molecular flexibility index (Phi) is 4.36. The molecule has 10 heavy (non-hydrogen) atoms. The summed E-state index contributed by atoms with van der Waals surface area (Å²) in [7, 11) is 0. The summed E-state index contributed by atoms with van der Waals surface area (Å²) >= 11 is 0. The van der Waals surface area contributed by atoms with E-state index < -0.39 is 12.0 Å². The zero-order valence-electron chi connectivity index (χ0n) is 5.44. The molecule has 0 aliphatic rings. The Morgan fingerprint density at radius 1 is 1.50 bits per heavy atom. The van der Waals surface area contributed by atoms with Crippen LogP contribution < -0.4 is 5.73 Å². The van der Waals surface area contributed by atoms with Gasteiger partial charge in [-0.05, 0) is 0 Å². The van der Waals surface area contributed by atoms with Gasteiger partial charge >= 0.3 is 0 Å². The van der Waals surface area contributed by atoms with Gasteiger partial charge in [-0.1, -0.05) is 12.2 Å². The second kappa shape index (κ2) is 4.84. The molecule has 0 radical (unpaired) electrons. The minimum atomic E-state index is -0.978. The molecule has 58 valence electrons. The largest absolute Gasteiger partial charge is 0.481 e. The Morgan fingerprint density at radius 2 is 2.10 bits per heavy atom. The van der Waals surface area contributed by atoms with Crippen LogP contribution in [-0.2, 0) is 0 Å². The van der Waals surface area contributed by atoms with Gasteiger partial charge < -0.3 is 21.1 Å². The molecule has 0 spiro atoms. The van der Waals surface area contributed by atoms with Gasteiger partial charge in [0.1, 0.15) is 0 Å². The molecular weight excluding hydrogens is 134 g/mol. The van der Waals surface area contributed by atoms with Gasteiger partial charge in [0.15, 0.2) is 0 Å². The second-order valence-electron chi connectivity index (χ2n) is 1.68. The van der Waals surface area contributed by atoms with Crippen molar-refractivity contribution in [2.75, 3.05) is 6.54 Å². The number of rotatable bonds is 3. The number of aliphatic hydroxyl groups is 3. The normalized spacial score (nSPS) is 13.4. The van der Waals surface area contributed by atoms with Crippen molar-refractivity contribution >= 4 is 0 Å². The van der Waals surface area contributed by atoms with Crippen molar-refractivity contribution in [3.05, 3.63) is 24.2 Å². The first-order valence-electron chi connectivity index (χ1n) is 2.81. The molecule has 0 fully saturated rings. The van der Waals surface area contributed by atoms with E-state index in [1.807, 2.05) is 0 Å². The highest BCUT2D eigenvalue weighted by Crippen LogP contribution is 1.90. The van der Waals surface area contributed by atoms with Crippen molar-refractivity contribution in [3.8, 4) is 0 Å². The molecule has 0 saturated carbocycles. The maximum Gasteiger partial charge on any atom is 0.272 e. The minimum absolute atomic E-state index is 0.317. The molecule has 0 saturated heterocycles.